The van der Waals surface area contributed by atoms with E-state index in [4.69, 9.17) is 4.74 Å². The Morgan fingerprint density at radius 1 is 1.18 bits per heavy atom. The summed E-state index contributed by atoms with van der Waals surface area (Å²) < 4.78 is 5.75. The number of likely N-dealkylation sites (N-methyl/N-ethyl adjacent to an activating group) is 1. The molecule has 0 bridgehead atoms. The van der Waals surface area contributed by atoms with Gasteiger partial charge in [-0.1, -0.05) is 0 Å². The summed E-state index contributed by atoms with van der Waals surface area (Å²) in [6.07, 6.45) is 2.84. The van der Waals surface area contributed by atoms with E-state index in [1.165, 1.54) is 0 Å². The number of piperazine rings is 1. The fraction of sp³-hybridized carbons (Fsp3) is 0.706. The Morgan fingerprint density at radius 3 is 2.50 bits per heavy atom. The molecule has 2 heterocycles. The molecule has 0 saturated carbocycles. The third-order valence-electron chi connectivity index (χ3n) is 3.79. The quantitative estimate of drug-likeness (QED) is 0.814. The molecular weight excluding hydrogens is 276 g/mol. The summed E-state index contributed by atoms with van der Waals surface area (Å²) in [5.74, 6) is 1.91. The van der Waals surface area contributed by atoms with Crippen LogP contribution in [0, 0.1) is 0 Å². The number of hydrogen-bond acceptors (Lipinski definition) is 5. The topological polar surface area (TPSA) is 40.6 Å². The van der Waals surface area contributed by atoms with E-state index in [-0.39, 0.29) is 5.54 Å². The number of hydrogen-bond donors (Lipinski definition) is 1. The predicted molar refractivity (Wildman–Crippen MR) is 91.8 cm³/mol. The number of pyridine rings is 1. The minimum atomic E-state index is 0.172. The van der Waals surface area contributed by atoms with Crippen LogP contribution in [0.15, 0.2) is 18.3 Å². The van der Waals surface area contributed by atoms with Gasteiger partial charge in [-0.2, -0.15) is 0 Å². The van der Waals surface area contributed by atoms with E-state index in [2.05, 4.69) is 54.0 Å². The average molecular weight is 306 g/mol. The first-order chi connectivity index (χ1) is 10.4. The molecule has 0 radical (unpaired) electrons. The molecule has 0 atom stereocenters. The Labute approximate surface area is 134 Å². The molecule has 1 aromatic rings. The maximum absolute atomic E-state index is 5.75. The molecule has 0 aliphatic carbocycles. The second-order valence-electron chi connectivity index (χ2n) is 7.02. The molecule has 2 rings (SSSR count). The highest BCUT2D eigenvalue weighted by atomic mass is 16.5. The van der Waals surface area contributed by atoms with Crippen LogP contribution >= 0.6 is 0 Å². The summed E-state index contributed by atoms with van der Waals surface area (Å²) in [6, 6.07) is 4.09. The van der Waals surface area contributed by atoms with Gasteiger partial charge in [0.1, 0.15) is 11.6 Å². The Bertz CT molecular complexity index is 433. The second-order valence-corrected chi connectivity index (χ2v) is 7.02. The van der Waals surface area contributed by atoms with Crippen molar-refractivity contribution < 1.29 is 4.74 Å². The van der Waals surface area contributed by atoms with Crippen LogP contribution in [0.1, 0.15) is 27.2 Å². The van der Waals surface area contributed by atoms with Gasteiger partial charge in [-0.3, -0.25) is 0 Å². The highest BCUT2D eigenvalue weighted by Gasteiger charge is 2.15. The van der Waals surface area contributed by atoms with E-state index in [1.807, 2.05) is 12.3 Å². The molecule has 1 fully saturated rings. The standard InChI is InChI=1S/C17H30N4O/c1-17(2,3)19-8-5-13-22-15-6-7-16(18-14-15)21-11-9-20(4)10-12-21/h6-7,14,19H,5,8-13H2,1-4H3. The summed E-state index contributed by atoms with van der Waals surface area (Å²) in [7, 11) is 2.16. The zero-order valence-electron chi connectivity index (χ0n) is 14.4. The molecule has 1 aliphatic rings. The third-order valence-corrected chi connectivity index (χ3v) is 3.79. The number of ether oxygens (including phenoxy) is 1. The van der Waals surface area contributed by atoms with Gasteiger partial charge in [0, 0.05) is 31.7 Å². The van der Waals surface area contributed by atoms with Crippen LogP contribution < -0.4 is 15.0 Å². The van der Waals surface area contributed by atoms with Gasteiger partial charge >= 0.3 is 0 Å². The number of anilines is 1. The van der Waals surface area contributed by atoms with Gasteiger partial charge in [-0.15, -0.1) is 0 Å². The number of aromatic nitrogens is 1. The molecule has 0 aromatic carbocycles. The van der Waals surface area contributed by atoms with Crippen molar-refractivity contribution in [2.75, 3.05) is 51.3 Å². The fourth-order valence-electron chi connectivity index (χ4n) is 2.41. The van der Waals surface area contributed by atoms with E-state index in [0.717, 1.165) is 57.3 Å². The summed E-state index contributed by atoms with van der Waals surface area (Å²) in [5.41, 5.74) is 0.172. The lowest BCUT2D eigenvalue weighted by molar-refractivity contribution is 0.296. The maximum atomic E-state index is 5.75. The summed E-state index contributed by atoms with van der Waals surface area (Å²) >= 11 is 0. The lowest BCUT2D eigenvalue weighted by atomic mass is 10.1. The van der Waals surface area contributed by atoms with Crippen LogP contribution in [-0.4, -0.2) is 61.8 Å². The largest absolute Gasteiger partial charge is 0.492 e. The van der Waals surface area contributed by atoms with Crippen molar-refractivity contribution in [2.24, 2.45) is 0 Å². The van der Waals surface area contributed by atoms with E-state index >= 15 is 0 Å². The Kier molecular flexibility index (Phi) is 6.03. The minimum Gasteiger partial charge on any atom is -0.492 e. The van der Waals surface area contributed by atoms with Crippen molar-refractivity contribution in [1.82, 2.24) is 15.2 Å². The van der Waals surface area contributed by atoms with Gasteiger partial charge in [0.25, 0.3) is 0 Å². The van der Waals surface area contributed by atoms with E-state index in [9.17, 15) is 0 Å². The smallest absolute Gasteiger partial charge is 0.137 e. The van der Waals surface area contributed by atoms with Gasteiger partial charge in [0.2, 0.25) is 0 Å². The lowest BCUT2D eigenvalue weighted by Gasteiger charge is -2.33. The van der Waals surface area contributed by atoms with Crippen LogP contribution in [0.25, 0.3) is 0 Å². The zero-order chi connectivity index (χ0) is 16.0. The van der Waals surface area contributed by atoms with Gasteiger partial charge in [-0.25, -0.2) is 4.98 Å². The van der Waals surface area contributed by atoms with Crippen molar-refractivity contribution in [1.29, 1.82) is 0 Å². The zero-order valence-corrected chi connectivity index (χ0v) is 14.4. The molecule has 0 spiro atoms. The van der Waals surface area contributed by atoms with Crippen molar-refractivity contribution in [3.63, 3.8) is 0 Å². The van der Waals surface area contributed by atoms with Crippen molar-refractivity contribution in [3.8, 4) is 5.75 Å². The first-order valence-corrected chi connectivity index (χ1v) is 8.21. The molecule has 124 valence electrons. The predicted octanol–water partition coefficient (Wildman–Crippen LogP) is 1.99. The third kappa shape index (κ3) is 5.81. The van der Waals surface area contributed by atoms with E-state index in [1.54, 1.807) is 0 Å². The molecule has 5 nitrogen and oxygen atoms in total. The van der Waals surface area contributed by atoms with Crippen LogP contribution in [0.3, 0.4) is 0 Å². The first kappa shape index (κ1) is 17.0. The summed E-state index contributed by atoms with van der Waals surface area (Å²) in [6.45, 7) is 12.5. The number of nitrogens with one attached hydrogen (secondary N) is 1. The Balaban J connectivity index is 1.70. The Hall–Kier alpha value is -1.33. The van der Waals surface area contributed by atoms with Crippen molar-refractivity contribution >= 4 is 5.82 Å². The highest BCUT2D eigenvalue weighted by molar-refractivity contribution is 5.41. The lowest BCUT2D eigenvalue weighted by Crippen LogP contribution is -2.44. The van der Waals surface area contributed by atoms with E-state index in [0.29, 0.717) is 0 Å². The molecule has 0 unspecified atom stereocenters. The van der Waals surface area contributed by atoms with Gasteiger partial charge in [0.05, 0.1) is 12.8 Å². The highest BCUT2D eigenvalue weighted by Crippen LogP contribution is 2.17. The second kappa shape index (κ2) is 7.79. The fourth-order valence-corrected chi connectivity index (χ4v) is 2.41. The first-order valence-electron chi connectivity index (χ1n) is 8.21. The molecule has 1 N–H and O–H groups in total. The molecule has 22 heavy (non-hydrogen) atoms. The van der Waals surface area contributed by atoms with Gasteiger partial charge < -0.3 is 19.9 Å². The normalized spacial score (nSPS) is 16.8. The van der Waals surface area contributed by atoms with Crippen LogP contribution in [0.5, 0.6) is 5.75 Å². The monoisotopic (exact) mass is 306 g/mol. The van der Waals surface area contributed by atoms with Crippen LogP contribution in [-0.2, 0) is 0 Å². The Morgan fingerprint density at radius 2 is 1.91 bits per heavy atom. The molecule has 0 amide bonds. The summed E-state index contributed by atoms with van der Waals surface area (Å²) in [4.78, 5) is 9.21. The van der Waals surface area contributed by atoms with Crippen LogP contribution in [0.2, 0.25) is 0 Å². The van der Waals surface area contributed by atoms with Gasteiger partial charge in [-0.05, 0) is 52.9 Å². The van der Waals surface area contributed by atoms with Crippen LogP contribution in [0.4, 0.5) is 5.82 Å². The summed E-state index contributed by atoms with van der Waals surface area (Å²) in [5, 5.41) is 3.46. The number of nitrogens with zero attached hydrogens (tertiary/aromatic N) is 3. The average Bonchev–Trinajstić information content (AvgIpc) is 2.47. The van der Waals surface area contributed by atoms with Crippen molar-refractivity contribution in [3.05, 3.63) is 18.3 Å². The molecular formula is C17H30N4O. The molecule has 1 aliphatic heterocycles. The maximum Gasteiger partial charge on any atom is 0.137 e. The van der Waals surface area contributed by atoms with E-state index < -0.39 is 0 Å². The SMILES string of the molecule is CN1CCN(c2ccc(OCCCNC(C)(C)C)cn2)CC1. The van der Waals surface area contributed by atoms with Gasteiger partial charge in [0.15, 0.2) is 0 Å². The molecule has 5 heteroatoms. The molecule has 1 saturated heterocycles. The number of rotatable bonds is 6. The minimum absolute atomic E-state index is 0.172. The van der Waals surface area contributed by atoms with Crippen molar-refractivity contribution in [2.45, 2.75) is 32.7 Å². The molecule has 1 aromatic heterocycles.